The van der Waals surface area contributed by atoms with Crippen LogP contribution in [0.5, 0.6) is 0 Å². The molecule has 0 aliphatic heterocycles. The number of nitrogens with one attached hydrogen (secondary N) is 2. The number of hydrogen-bond acceptors (Lipinski definition) is 4. The number of aryl methyl sites for hydroxylation is 2. The number of anilines is 1. The van der Waals surface area contributed by atoms with Gasteiger partial charge in [0.25, 0.3) is 15.9 Å². The van der Waals surface area contributed by atoms with E-state index in [1.165, 1.54) is 6.07 Å². The molecule has 0 aliphatic carbocycles. The van der Waals surface area contributed by atoms with Crippen LogP contribution < -0.4 is 10.0 Å². The van der Waals surface area contributed by atoms with Gasteiger partial charge in [0.15, 0.2) is 0 Å². The summed E-state index contributed by atoms with van der Waals surface area (Å²) in [4.78, 5) is 12.7. The van der Waals surface area contributed by atoms with E-state index in [1.54, 1.807) is 43.0 Å². The highest BCUT2D eigenvalue weighted by atomic mass is 35.5. The van der Waals surface area contributed by atoms with Gasteiger partial charge in [0.2, 0.25) is 0 Å². The maximum Gasteiger partial charge on any atom is 0.262 e. The van der Waals surface area contributed by atoms with E-state index in [9.17, 15) is 13.2 Å². The third-order valence-electron chi connectivity index (χ3n) is 4.82. The molecule has 0 radical (unpaired) electrons. The Bertz CT molecular complexity index is 1210. The molecule has 0 saturated carbocycles. The molecule has 0 saturated heterocycles. The first kappa shape index (κ1) is 24.2. The molecule has 0 unspecified atom stereocenters. The van der Waals surface area contributed by atoms with Gasteiger partial charge in [-0.25, -0.2) is 8.42 Å². The van der Waals surface area contributed by atoms with Crippen LogP contribution in [0.25, 0.3) is 0 Å². The molecule has 3 rings (SSSR count). The number of carbonyl (C=O) groups is 1. The lowest BCUT2D eigenvalue weighted by Gasteiger charge is -2.13. The second kappa shape index (κ2) is 10.9. The number of benzene rings is 3. The Morgan fingerprint density at radius 3 is 2.50 bits per heavy atom. The van der Waals surface area contributed by atoms with E-state index in [0.717, 1.165) is 22.6 Å². The third-order valence-corrected chi connectivity index (χ3v) is 7.59. The molecule has 3 aromatic carbocycles. The fourth-order valence-electron chi connectivity index (χ4n) is 3.07. The summed E-state index contributed by atoms with van der Waals surface area (Å²) in [5.74, 6) is 1.22. The average Bonchev–Trinajstić information content (AvgIpc) is 2.75. The van der Waals surface area contributed by atoms with Gasteiger partial charge >= 0.3 is 0 Å². The second-order valence-corrected chi connectivity index (χ2v) is 10.5. The molecule has 0 heterocycles. The highest BCUT2D eigenvalue weighted by molar-refractivity contribution is 7.98. The second-order valence-electron chi connectivity index (χ2n) is 7.34. The van der Waals surface area contributed by atoms with E-state index in [0.29, 0.717) is 28.4 Å². The summed E-state index contributed by atoms with van der Waals surface area (Å²) in [5, 5.41) is 3.56. The Morgan fingerprint density at radius 2 is 1.75 bits per heavy atom. The Labute approximate surface area is 198 Å². The zero-order valence-electron chi connectivity index (χ0n) is 17.9. The molecule has 3 aromatic rings. The van der Waals surface area contributed by atoms with E-state index in [1.807, 2.05) is 43.3 Å². The molecule has 168 valence electrons. The van der Waals surface area contributed by atoms with Crippen molar-refractivity contribution in [3.63, 3.8) is 0 Å². The maximum absolute atomic E-state index is 13.0. The summed E-state index contributed by atoms with van der Waals surface area (Å²) in [7, 11) is -3.83. The Hall–Kier alpha value is -2.48. The molecule has 0 atom stereocenters. The SMILES string of the molecule is Cc1ccccc1NS(=O)(=O)c1cc(C(=O)NCCSCc2cccc(Cl)c2)ccc1C. The highest BCUT2D eigenvalue weighted by Crippen LogP contribution is 2.23. The van der Waals surface area contributed by atoms with Crippen LogP contribution in [0.2, 0.25) is 5.02 Å². The highest BCUT2D eigenvalue weighted by Gasteiger charge is 2.20. The number of rotatable bonds is 9. The van der Waals surface area contributed by atoms with E-state index in [-0.39, 0.29) is 10.8 Å². The number of thioether (sulfide) groups is 1. The topological polar surface area (TPSA) is 75.3 Å². The van der Waals surface area contributed by atoms with Crippen molar-refractivity contribution in [2.45, 2.75) is 24.5 Å². The summed E-state index contributed by atoms with van der Waals surface area (Å²) in [6.07, 6.45) is 0. The van der Waals surface area contributed by atoms with Crippen LogP contribution in [0.15, 0.2) is 71.6 Å². The van der Waals surface area contributed by atoms with Gasteiger partial charge in [0.05, 0.1) is 10.6 Å². The molecule has 0 aromatic heterocycles. The fraction of sp³-hybridized carbons (Fsp3) is 0.208. The number of carbonyl (C=O) groups excluding carboxylic acids is 1. The Morgan fingerprint density at radius 1 is 0.969 bits per heavy atom. The molecule has 32 heavy (non-hydrogen) atoms. The van der Waals surface area contributed by atoms with Gasteiger partial charge in [-0.3, -0.25) is 9.52 Å². The lowest BCUT2D eigenvalue weighted by atomic mass is 10.1. The van der Waals surface area contributed by atoms with Crippen molar-refractivity contribution in [2.24, 2.45) is 0 Å². The molecule has 5 nitrogen and oxygen atoms in total. The monoisotopic (exact) mass is 488 g/mol. The molecule has 8 heteroatoms. The summed E-state index contributed by atoms with van der Waals surface area (Å²) < 4.78 is 28.5. The van der Waals surface area contributed by atoms with E-state index >= 15 is 0 Å². The zero-order valence-corrected chi connectivity index (χ0v) is 20.3. The minimum atomic E-state index is -3.83. The van der Waals surface area contributed by atoms with Crippen LogP contribution in [0.1, 0.15) is 27.0 Å². The van der Waals surface area contributed by atoms with Crippen LogP contribution in [-0.4, -0.2) is 26.6 Å². The number of sulfonamides is 1. The molecule has 0 spiro atoms. The van der Waals surface area contributed by atoms with Gasteiger partial charge in [0, 0.05) is 28.6 Å². The van der Waals surface area contributed by atoms with Gasteiger partial charge in [-0.05, 0) is 60.9 Å². The summed E-state index contributed by atoms with van der Waals surface area (Å²) in [5.41, 5.74) is 3.33. The molecule has 2 N–H and O–H groups in total. The van der Waals surface area contributed by atoms with E-state index < -0.39 is 10.0 Å². The maximum atomic E-state index is 13.0. The average molecular weight is 489 g/mol. The van der Waals surface area contributed by atoms with Crippen molar-refractivity contribution in [3.8, 4) is 0 Å². The Kier molecular flexibility index (Phi) is 8.23. The quantitative estimate of drug-likeness (QED) is 0.394. The lowest BCUT2D eigenvalue weighted by molar-refractivity contribution is 0.0956. The van der Waals surface area contributed by atoms with Crippen LogP contribution >= 0.6 is 23.4 Å². The van der Waals surface area contributed by atoms with Crippen molar-refractivity contribution in [2.75, 3.05) is 17.0 Å². The van der Waals surface area contributed by atoms with Crippen molar-refractivity contribution < 1.29 is 13.2 Å². The number of para-hydroxylation sites is 1. The first-order valence-corrected chi connectivity index (χ1v) is 13.1. The molecule has 0 aliphatic rings. The first-order chi connectivity index (χ1) is 15.3. The van der Waals surface area contributed by atoms with E-state index in [2.05, 4.69) is 10.0 Å². The normalized spacial score (nSPS) is 11.2. The van der Waals surface area contributed by atoms with Crippen LogP contribution in [0.3, 0.4) is 0 Å². The first-order valence-electron chi connectivity index (χ1n) is 10.1. The molecular weight excluding hydrogens is 464 g/mol. The Balaban J connectivity index is 1.60. The minimum Gasteiger partial charge on any atom is -0.351 e. The minimum absolute atomic E-state index is 0.0868. The largest absolute Gasteiger partial charge is 0.351 e. The van der Waals surface area contributed by atoms with Crippen molar-refractivity contribution >= 4 is 45.0 Å². The summed E-state index contributed by atoms with van der Waals surface area (Å²) in [6.45, 7) is 4.01. The molecular formula is C24H25ClN2O3S2. The van der Waals surface area contributed by atoms with Crippen LogP contribution in [0.4, 0.5) is 5.69 Å². The van der Waals surface area contributed by atoms with E-state index in [4.69, 9.17) is 11.6 Å². The standard InChI is InChI=1S/C24H25ClN2O3S2/c1-17-6-3-4-9-22(17)27-32(29,30)23-15-20(11-10-18(23)2)24(28)26-12-13-31-16-19-7-5-8-21(25)14-19/h3-11,14-15,27H,12-13,16H2,1-2H3,(H,26,28). The van der Waals surface area contributed by atoms with Crippen LogP contribution in [0, 0.1) is 13.8 Å². The van der Waals surface area contributed by atoms with Gasteiger partial charge in [-0.15, -0.1) is 0 Å². The smallest absolute Gasteiger partial charge is 0.262 e. The van der Waals surface area contributed by atoms with Gasteiger partial charge < -0.3 is 5.32 Å². The fourth-order valence-corrected chi connectivity index (χ4v) is 5.49. The molecule has 1 amide bonds. The number of halogens is 1. The summed E-state index contributed by atoms with van der Waals surface area (Å²) in [6, 6.07) is 19.5. The van der Waals surface area contributed by atoms with Gasteiger partial charge in [-0.2, -0.15) is 11.8 Å². The van der Waals surface area contributed by atoms with Crippen molar-refractivity contribution in [1.29, 1.82) is 0 Å². The van der Waals surface area contributed by atoms with Crippen molar-refractivity contribution in [1.82, 2.24) is 5.32 Å². The predicted octanol–water partition coefficient (Wildman–Crippen LogP) is 5.42. The van der Waals surface area contributed by atoms with Gasteiger partial charge in [-0.1, -0.05) is 48.0 Å². The number of hydrogen-bond donors (Lipinski definition) is 2. The third kappa shape index (κ3) is 6.51. The summed E-state index contributed by atoms with van der Waals surface area (Å²) >= 11 is 7.68. The molecule has 0 fully saturated rings. The lowest BCUT2D eigenvalue weighted by Crippen LogP contribution is -2.26. The number of amides is 1. The molecule has 0 bridgehead atoms. The van der Waals surface area contributed by atoms with Crippen molar-refractivity contribution in [3.05, 3.63) is 94.0 Å². The zero-order chi connectivity index (χ0) is 23.1. The van der Waals surface area contributed by atoms with Crippen LogP contribution in [-0.2, 0) is 15.8 Å². The van der Waals surface area contributed by atoms with Gasteiger partial charge in [0.1, 0.15) is 0 Å². The predicted molar refractivity (Wildman–Crippen MR) is 133 cm³/mol.